The predicted molar refractivity (Wildman–Crippen MR) is 115 cm³/mol. The number of fused-ring (bicyclic) bond motifs is 1. The average Bonchev–Trinajstić information content (AvgIpc) is 3.58. The van der Waals surface area contributed by atoms with E-state index in [2.05, 4.69) is 6.07 Å². The van der Waals surface area contributed by atoms with E-state index < -0.39 is 0 Å². The predicted octanol–water partition coefficient (Wildman–Crippen LogP) is 3.31. The number of carbonyl (C=O) groups is 1. The van der Waals surface area contributed by atoms with Crippen molar-refractivity contribution in [3.05, 3.63) is 76.4 Å². The highest BCUT2D eigenvalue weighted by Gasteiger charge is 2.29. The molecule has 5 heteroatoms. The number of pyridine rings is 1. The zero-order chi connectivity index (χ0) is 19.8. The number of nitrogens with one attached hydrogen (secondary N) is 1. The van der Waals surface area contributed by atoms with Gasteiger partial charge in [0, 0.05) is 27.6 Å². The third kappa shape index (κ3) is 4.00. The molecule has 1 N–H and O–H groups in total. The summed E-state index contributed by atoms with van der Waals surface area (Å²) >= 11 is 6.11. The Morgan fingerprint density at radius 1 is 1.07 bits per heavy atom. The topological polar surface area (TPSA) is 37.6 Å². The number of aromatic nitrogens is 1. The van der Waals surface area contributed by atoms with Crippen LogP contribution >= 0.6 is 11.6 Å². The summed E-state index contributed by atoms with van der Waals surface area (Å²) in [5, 5.41) is 1.75. The van der Waals surface area contributed by atoms with Gasteiger partial charge in [0.15, 0.2) is 0 Å². The van der Waals surface area contributed by atoms with Crippen LogP contribution in [0.5, 0.6) is 0 Å². The van der Waals surface area contributed by atoms with Crippen molar-refractivity contribution < 1.29 is 9.69 Å². The maximum atomic E-state index is 13.4. The normalized spacial score (nSPS) is 17.6. The monoisotopic (exact) mass is 406 g/mol. The van der Waals surface area contributed by atoms with Gasteiger partial charge in [0.05, 0.1) is 37.3 Å². The quantitative estimate of drug-likeness (QED) is 0.721. The minimum absolute atomic E-state index is 0.146. The van der Waals surface area contributed by atoms with Crippen molar-refractivity contribution in [2.75, 3.05) is 26.2 Å². The van der Waals surface area contributed by atoms with Crippen LogP contribution in [-0.2, 0) is 6.54 Å². The molecule has 0 spiro atoms. The van der Waals surface area contributed by atoms with Gasteiger partial charge in [0.1, 0.15) is 6.54 Å². The molecule has 1 aromatic heterocycles. The number of nitrogens with zero attached hydrogens (tertiary/aromatic N) is 2. The first-order valence-corrected chi connectivity index (χ1v) is 10.8. The van der Waals surface area contributed by atoms with Gasteiger partial charge in [-0.3, -0.25) is 9.78 Å². The number of hydrogen-bond donors (Lipinski definition) is 1. The zero-order valence-electron chi connectivity index (χ0n) is 16.4. The van der Waals surface area contributed by atoms with E-state index in [1.54, 1.807) is 0 Å². The first-order chi connectivity index (χ1) is 14.2. The largest absolute Gasteiger partial charge is 0.328 e. The van der Waals surface area contributed by atoms with Gasteiger partial charge in [-0.25, -0.2) is 0 Å². The molecule has 0 atom stereocenters. The second-order valence-electron chi connectivity index (χ2n) is 8.24. The van der Waals surface area contributed by atoms with Crippen LogP contribution in [0.3, 0.4) is 0 Å². The summed E-state index contributed by atoms with van der Waals surface area (Å²) in [6.07, 6.45) is 2.37. The van der Waals surface area contributed by atoms with Crippen molar-refractivity contribution in [2.24, 2.45) is 0 Å². The summed E-state index contributed by atoms with van der Waals surface area (Å²) in [7, 11) is 0. The van der Waals surface area contributed by atoms with Gasteiger partial charge in [0.25, 0.3) is 5.91 Å². The minimum Gasteiger partial charge on any atom is -0.328 e. The van der Waals surface area contributed by atoms with Crippen LogP contribution in [0.4, 0.5) is 0 Å². The molecular formula is C24H25ClN3O+. The smallest absolute Gasteiger partial charge is 0.255 e. The fourth-order valence-corrected chi connectivity index (χ4v) is 4.48. The number of benzene rings is 2. The second kappa shape index (κ2) is 7.77. The third-order valence-electron chi connectivity index (χ3n) is 6.06. The fourth-order valence-electron chi connectivity index (χ4n) is 4.27. The molecule has 5 rings (SSSR count). The molecule has 1 aliphatic heterocycles. The van der Waals surface area contributed by atoms with Gasteiger partial charge in [-0.15, -0.1) is 0 Å². The number of rotatable bonds is 4. The third-order valence-corrected chi connectivity index (χ3v) is 6.30. The molecule has 0 radical (unpaired) electrons. The molecule has 2 aromatic carbocycles. The van der Waals surface area contributed by atoms with E-state index in [0.717, 1.165) is 59.9 Å². The first kappa shape index (κ1) is 18.6. The summed E-state index contributed by atoms with van der Waals surface area (Å²) in [4.78, 5) is 21.7. The lowest BCUT2D eigenvalue weighted by molar-refractivity contribution is -0.917. The maximum Gasteiger partial charge on any atom is 0.255 e. The maximum absolute atomic E-state index is 13.4. The standard InChI is InChI=1S/C24H24ClN3O/c25-19-5-3-4-17(14-19)16-27-10-12-28(13-11-27)24(29)21-15-23(18-8-9-18)26-22-7-2-1-6-20(21)22/h1-7,14-15,18H,8-13,16H2/p+1. The Labute approximate surface area is 176 Å². The number of piperazine rings is 1. The van der Waals surface area contributed by atoms with E-state index >= 15 is 0 Å². The van der Waals surface area contributed by atoms with Gasteiger partial charge < -0.3 is 9.80 Å². The van der Waals surface area contributed by atoms with Crippen molar-refractivity contribution in [3.8, 4) is 0 Å². The van der Waals surface area contributed by atoms with Gasteiger partial charge in [0.2, 0.25) is 0 Å². The molecule has 4 nitrogen and oxygen atoms in total. The summed E-state index contributed by atoms with van der Waals surface area (Å²) in [5.74, 6) is 0.678. The van der Waals surface area contributed by atoms with Gasteiger partial charge in [-0.05, 0) is 37.1 Å². The number of halogens is 1. The molecule has 3 aromatic rings. The molecule has 2 heterocycles. The lowest BCUT2D eigenvalue weighted by Crippen LogP contribution is -3.13. The van der Waals surface area contributed by atoms with Crippen LogP contribution in [0.1, 0.15) is 40.4 Å². The SMILES string of the molecule is O=C(c1cc(C2CC2)nc2ccccc12)N1CC[NH+](Cc2cccc(Cl)c2)CC1. The molecule has 0 unspecified atom stereocenters. The average molecular weight is 407 g/mol. The molecule has 1 amide bonds. The number of hydrogen-bond acceptors (Lipinski definition) is 2. The lowest BCUT2D eigenvalue weighted by atomic mass is 10.0. The molecule has 1 saturated heterocycles. The summed E-state index contributed by atoms with van der Waals surface area (Å²) in [6, 6.07) is 18.1. The highest BCUT2D eigenvalue weighted by Crippen LogP contribution is 2.40. The van der Waals surface area contributed by atoms with E-state index in [9.17, 15) is 4.79 Å². The summed E-state index contributed by atoms with van der Waals surface area (Å²) in [5.41, 5.74) is 4.08. The van der Waals surface area contributed by atoms with Crippen LogP contribution in [0.15, 0.2) is 54.6 Å². The molecule has 1 aliphatic carbocycles. The number of amides is 1. The van der Waals surface area contributed by atoms with Crippen LogP contribution in [0, 0.1) is 0 Å². The van der Waals surface area contributed by atoms with Crippen molar-refractivity contribution in [3.63, 3.8) is 0 Å². The Balaban J connectivity index is 1.32. The first-order valence-electron chi connectivity index (χ1n) is 10.4. The van der Waals surface area contributed by atoms with Crippen molar-refractivity contribution >= 4 is 28.4 Å². The van der Waals surface area contributed by atoms with Crippen LogP contribution in [-0.4, -0.2) is 42.0 Å². The molecule has 1 saturated carbocycles. The molecule has 0 bridgehead atoms. The molecular weight excluding hydrogens is 382 g/mol. The van der Waals surface area contributed by atoms with Crippen molar-refractivity contribution in [1.82, 2.24) is 9.88 Å². The minimum atomic E-state index is 0.146. The van der Waals surface area contributed by atoms with E-state index in [-0.39, 0.29) is 5.91 Å². The van der Waals surface area contributed by atoms with Crippen LogP contribution < -0.4 is 4.90 Å². The number of quaternary nitrogens is 1. The molecule has 29 heavy (non-hydrogen) atoms. The highest BCUT2D eigenvalue weighted by molar-refractivity contribution is 6.30. The van der Waals surface area contributed by atoms with Crippen LogP contribution in [0.2, 0.25) is 5.02 Å². The highest BCUT2D eigenvalue weighted by atomic mass is 35.5. The number of para-hydroxylation sites is 1. The van der Waals surface area contributed by atoms with Gasteiger partial charge in [-0.1, -0.05) is 41.9 Å². The van der Waals surface area contributed by atoms with E-state index in [4.69, 9.17) is 16.6 Å². The Morgan fingerprint density at radius 2 is 1.86 bits per heavy atom. The summed E-state index contributed by atoms with van der Waals surface area (Å²) < 4.78 is 0. The number of carbonyl (C=O) groups excluding carboxylic acids is 1. The van der Waals surface area contributed by atoms with E-state index in [1.807, 2.05) is 53.4 Å². The Kier molecular flexibility index (Phi) is 4.98. The van der Waals surface area contributed by atoms with Crippen LogP contribution in [0.25, 0.3) is 10.9 Å². The Bertz CT molecular complexity index is 1050. The van der Waals surface area contributed by atoms with Crippen molar-refractivity contribution in [1.29, 1.82) is 0 Å². The Morgan fingerprint density at radius 3 is 2.62 bits per heavy atom. The lowest BCUT2D eigenvalue weighted by Gasteiger charge is -2.32. The van der Waals surface area contributed by atoms with Crippen molar-refractivity contribution in [2.45, 2.75) is 25.3 Å². The molecule has 148 valence electrons. The summed E-state index contributed by atoms with van der Waals surface area (Å²) in [6.45, 7) is 4.42. The molecule has 2 fully saturated rings. The van der Waals surface area contributed by atoms with Gasteiger partial charge >= 0.3 is 0 Å². The Hall–Kier alpha value is -2.43. The second-order valence-corrected chi connectivity index (χ2v) is 8.67. The van der Waals surface area contributed by atoms with E-state index in [1.165, 1.54) is 23.3 Å². The zero-order valence-corrected chi connectivity index (χ0v) is 17.2. The van der Waals surface area contributed by atoms with Gasteiger partial charge in [-0.2, -0.15) is 0 Å². The van der Waals surface area contributed by atoms with E-state index in [0.29, 0.717) is 5.92 Å². The molecule has 2 aliphatic rings. The fraction of sp³-hybridized carbons (Fsp3) is 0.333.